The van der Waals surface area contributed by atoms with Crippen LogP contribution in [0.25, 0.3) is 0 Å². The van der Waals surface area contributed by atoms with E-state index in [9.17, 15) is 0 Å². The fraction of sp³-hybridized carbons (Fsp3) is 0.733. The van der Waals surface area contributed by atoms with E-state index >= 15 is 0 Å². The second-order valence-electron chi connectivity index (χ2n) is 5.62. The molecule has 4 nitrogen and oxygen atoms in total. The average molecular weight is 262 g/mol. The summed E-state index contributed by atoms with van der Waals surface area (Å²) in [6.07, 6.45) is 10.2. The van der Waals surface area contributed by atoms with Crippen molar-refractivity contribution in [3.63, 3.8) is 0 Å². The maximum Gasteiger partial charge on any atom is 0.146 e. The number of nitrogens with zero attached hydrogens (tertiary/aromatic N) is 2. The average Bonchev–Trinajstić information content (AvgIpc) is 2.45. The summed E-state index contributed by atoms with van der Waals surface area (Å²) in [5.74, 6) is 3.36. The van der Waals surface area contributed by atoms with Crippen LogP contribution in [0.4, 0.5) is 11.6 Å². The minimum atomic E-state index is 0.780. The molecule has 0 saturated heterocycles. The molecule has 2 rings (SSSR count). The van der Waals surface area contributed by atoms with Crippen LogP contribution in [-0.2, 0) is 0 Å². The van der Waals surface area contributed by atoms with E-state index in [1.165, 1.54) is 25.7 Å². The fourth-order valence-electron chi connectivity index (χ4n) is 2.72. The van der Waals surface area contributed by atoms with Crippen molar-refractivity contribution >= 4 is 11.6 Å². The molecule has 2 N–H and O–H groups in total. The van der Waals surface area contributed by atoms with Gasteiger partial charge in [0.25, 0.3) is 0 Å². The van der Waals surface area contributed by atoms with Crippen LogP contribution in [-0.4, -0.2) is 23.1 Å². The Bertz CT molecular complexity index is 380. The maximum atomic E-state index is 4.53. The molecule has 1 aliphatic carbocycles. The van der Waals surface area contributed by atoms with Gasteiger partial charge in [-0.3, -0.25) is 4.98 Å². The molecular formula is C15H26N4. The fourth-order valence-corrected chi connectivity index (χ4v) is 2.72. The highest BCUT2D eigenvalue weighted by Gasteiger charge is 2.20. The molecule has 19 heavy (non-hydrogen) atoms. The van der Waals surface area contributed by atoms with Crippen molar-refractivity contribution in [1.29, 1.82) is 0 Å². The van der Waals surface area contributed by atoms with Gasteiger partial charge in [0, 0.05) is 13.1 Å². The zero-order valence-corrected chi connectivity index (χ0v) is 12.2. The van der Waals surface area contributed by atoms with Gasteiger partial charge in [-0.15, -0.1) is 0 Å². The van der Waals surface area contributed by atoms with Gasteiger partial charge in [-0.1, -0.05) is 33.1 Å². The predicted molar refractivity (Wildman–Crippen MR) is 80.4 cm³/mol. The van der Waals surface area contributed by atoms with Crippen LogP contribution in [0.5, 0.6) is 0 Å². The minimum absolute atomic E-state index is 0.780. The van der Waals surface area contributed by atoms with Crippen LogP contribution >= 0.6 is 0 Å². The molecule has 1 aliphatic rings. The van der Waals surface area contributed by atoms with Crippen molar-refractivity contribution < 1.29 is 0 Å². The van der Waals surface area contributed by atoms with E-state index in [0.29, 0.717) is 0 Å². The lowest BCUT2D eigenvalue weighted by Crippen LogP contribution is -2.24. The van der Waals surface area contributed by atoms with Gasteiger partial charge in [-0.25, -0.2) is 4.98 Å². The topological polar surface area (TPSA) is 49.8 Å². The summed E-state index contributed by atoms with van der Waals surface area (Å²) in [6, 6.07) is 0. The predicted octanol–water partition coefficient (Wildman–Crippen LogP) is 3.54. The molecule has 4 heteroatoms. The molecule has 1 aromatic rings. The quantitative estimate of drug-likeness (QED) is 0.823. The van der Waals surface area contributed by atoms with Crippen molar-refractivity contribution in [3.05, 3.63) is 12.4 Å². The monoisotopic (exact) mass is 262 g/mol. The molecule has 1 heterocycles. The Kier molecular flexibility index (Phi) is 5.43. The zero-order chi connectivity index (χ0) is 13.5. The third kappa shape index (κ3) is 4.37. The molecule has 1 saturated carbocycles. The second-order valence-corrected chi connectivity index (χ2v) is 5.62. The Hall–Kier alpha value is -1.32. The Balaban J connectivity index is 1.84. The van der Waals surface area contributed by atoms with E-state index in [1.807, 2.05) is 6.20 Å². The molecule has 2 atom stereocenters. The second kappa shape index (κ2) is 7.31. The highest BCUT2D eigenvalue weighted by molar-refractivity contribution is 5.41. The molecule has 0 spiro atoms. The van der Waals surface area contributed by atoms with E-state index in [1.54, 1.807) is 6.20 Å². The first-order valence-corrected chi connectivity index (χ1v) is 7.59. The van der Waals surface area contributed by atoms with Crippen molar-refractivity contribution in [2.24, 2.45) is 11.8 Å². The van der Waals surface area contributed by atoms with Gasteiger partial charge in [0.05, 0.1) is 12.4 Å². The van der Waals surface area contributed by atoms with Gasteiger partial charge in [0.2, 0.25) is 0 Å². The Labute approximate surface area is 116 Å². The number of hydrogen-bond acceptors (Lipinski definition) is 4. The van der Waals surface area contributed by atoms with E-state index in [0.717, 1.165) is 43.0 Å². The molecule has 0 amide bonds. The van der Waals surface area contributed by atoms with Crippen LogP contribution in [0.15, 0.2) is 12.4 Å². The van der Waals surface area contributed by atoms with Gasteiger partial charge in [-0.2, -0.15) is 0 Å². The summed E-state index contributed by atoms with van der Waals surface area (Å²) >= 11 is 0. The first-order chi connectivity index (χ1) is 9.29. The summed E-state index contributed by atoms with van der Waals surface area (Å²) in [4.78, 5) is 8.77. The molecule has 106 valence electrons. The van der Waals surface area contributed by atoms with Crippen molar-refractivity contribution in [3.8, 4) is 0 Å². The minimum Gasteiger partial charge on any atom is -0.369 e. The standard InChI is InChI=1S/C15H26N4/c1-3-8-17-14-10-16-11-15(19-14)18-9-13-7-5-4-6-12(13)2/h10-13H,3-9H2,1-2H3,(H2,17,18,19). The Morgan fingerprint density at radius 2 is 1.89 bits per heavy atom. The number of aromatic nitrogens is 2. The lowest BCUT2D eigenvalue weighted by molar-refractivity contribution is 0.268. The molecule has 1 aromatic heterocycles. The number of hydrogen-bond donors (Lipinski definition) is 2. The summed E-state index contributed by atoms with van der Waals surface area (Å²) in [5.41, 5.74) is 0. The molecule has 0 aromatic carbocycles. The molecular weight excluding hydrogens is 236 g/mol. The van der Waals surface area contributed by atoms with Crippen LogP contribution in [0, 0.1) is 11.8 Å². The van der Waals surface area contributed by atoms with Crippen LogP contribution in [0.1, 0.15) is 46.0 Å². The summed E-state index contributed by atoms with van der Waals surface area (Å²) in [7, 11) is 0. The summed E-state index contributed by atoms with van der Waals surface area (Å²) in [6.45, 7) is 6.48. The summed E-state index contributed by atoms with van der Waals surface area (Å²) in [5, 5.41) is 6.72. The van der Waals surface area contributed by atoms with Crippen molar-refractivity contribution in [1.82, 2.24) is 9.97 Å². The highest BCUT2D eigenvalue weighted by Crippen LogP contribution is 2.29. The molecule has 1 fully saturated rings. The van der Waals surface area contributed by atoms with Gasteiger partial charge in [0.1, 0.15) is 11.6 Å². The first kappa shape index (κ1) is 14.1. The van der Waals surface area contributed by atoms with Gasteiger partial charge in [-0.05, 0) is 24.7 Å². The third-order valence-corrected chi connectivity index (χ3v) is 4.03. The molecule has 0 radical (unpaired) electrons. The molecule has 2 unspecified atom stereocenters. The number of nitrogens with one attached hydrogen (secondary N) is 2. The number of anilines is 2. The lowest BCUT2D eigenvalue weighted by Gasteiger charge is -2.28. The van der Waals surface area contributed by atoms with Crippen molar-refractivity contribution in [2.75, 3.05) is 23.7 Å². The number of rotatable bonds is 6. The van der Waals surface area contributed by atoms with Gasteiger partial charge >= 0.3 is 0 Å². The normalized spacial score (nSPS) is 23.1. The van der Waals surface area contributed by atoms with Gasteiger partial charge in [0.15, 0.2) is 0 Å². The molecule has 0 aliphatic heterocycles. The smallest absolute Gasteiger partial charge is 0.146 e. The van der Waals surface area contributed by atoms with Crippen molar-refractivity contribution in [2.45, 2.75) is 46.0 Å². The first-order valence-electron chi connectivity index (χ1n) is 7.59. The Morgan fingerprint density at radius 1 is 1.16 bits per heavy atom. The summed E-state index contributed by atoms with van der Waals surface area (Å²) < 4.78 is 0. The largest absolute Gasteiger partial charge is 0.369 e. The third-order valence-electron chi connectivity index (χ3n) is 4.03. The van der Waals surface area contributed by atoms with E-state index in [2.05, 4.69) is 34.4 Å². The Morgan fingerprint density at radius 3 is 2.63 bits per heavy atom. The van der Waals surface area contributed by atoms with E-state index < -0.39 is 0 Å². The molecule has 0 bridgehead atoms. The van der Waals surface area contributed by atoms with E-state index in [4.69, 9.17) is 0 Å². The SMILES string of the molecule is CCCNc1cncc(NCC2CCCCC2C)n1. The zero-order valence-electron chi connectivity index (χ0n) is 12.2. The highest BCUT2D eigenvalue weighted by atomic mass is 15.1. The lowest BCUT2D eigenvalue weighted by atomic mass is 9.80. The van der Waals surface area contributed by atoms with Crippen LogP contribution in [0.3, 0.4) is 0 Å². The van der Waals surface area contributed by atoms with Crippen LogP contribution < -0.4 is 10.6 Å². The van der Waals surface area contributed by atoms with Gasteiger partial charge < -0.3 is 10.6 Å². The van der Waals surface area contributed by atoms with E-state index in [-0.39, 0.29) is 0 Å². The van der Waals surface area contributed by atoms with Crippen LogP contribution in [0.2, 0.25) is 0 Å². The maximum absolute atomic E-state index is 4.53.